The zero-order valence-corrected chi connectivity index (χ0v) is 46.6. The van der Waals surface area contributed by atoms with Crippen LogP contribution in [-0.2, 0) is 35.3 Å². The molecule has 20 nitrogen and oxygen atoms in total. The summed E-state index contributed by atoms with van der Waals surface area (Å²) in [5, 5.41) is 18.3. The predicted molar refractivity (Wildman–Crippen MR) is 304 cm³/mol. The molecule has 1 fully saturated rings. The molecule has 0 aliphatic carbocycles. The number of hydrogen-bond acceptors (Lipinski definition) is 16. The van der Waals surface area contributed by atoms with Crippen LogP contribution >= 0.6 is 23.3 Å². The summed E-state index contributed by atoms with van der Waals surface area (Å²) in [6.45, 7) is 4.56. The van der Waals surface area contributed by atoms with E-state index in [2.05, 4.69) is 52.5 Å². The Balaban J connectivity index is 0.738. The molecule has 4 aromatic heterocycles. The lowest BCUT2D eigenvalue weighted by Crippen LogP contribution is -2.40. The Hall–Kier alpha value is -7.86. The van der Waals surface area contributed by atoms with E-state index in [1.807, 2.05) is 11.0 Å². The molecular formula is C56H65F2N13O7S2. The molecule has 6 N–H and O–H groups in total. The van der Waals surface area contributed by atoms with Gasteiger partial charge in [-0.25, -0.2) is 28.4 Å². The van der Waals surface area contributed by atoms with Gasteiger partial charge in [0, 0.05) is 78.7 Å². The van der Waals surface area contributed by atoms with Crippen LogP contribution in [0.2, 0.25) is 0 Å². The third-order valence-corrected chi connectivity index (χ3v) is 15.9. The number of carbonyl (C=O) groups excluding carboxylic acids is 6. The molecule has 0 unspecified atom stereocenters. The van der Waals surface area contributed by atoms with Gasteiger partial charge in [0.05, 0.1) is 63.5 Å². The average Bonchev–Trinajstić information content (AvgIpc) is 4.26. The van der Waals surface area contributed by atoms with E-state index >= 15 is 8.78 Å². The highest BCUT2D eigenvalue weighted by Gasteiger charge is 2.29. The van der Waals surface area contributed by atoms with Gasteiger partial charge in [0.2, 0.25) is 35.5 Å². The van der Waals surface area contributed by atoms with Crippen molar-refractivity contribution in [3.05, 3.63) is 89.3 Å². The van der Waals surface area contributed by atoms with Crippen LogP contribution in [-0.4, -0.2) is 121 Å². The highest BCUT2D eigenvalue weighted by atomic mass is 32.2. The number of halogens is 2. The molecule has 3 aromatic carbocycles. The monoisotopic (exact) mass is 1130 g/mol. The molecule has 1 aliphatic rings. The number of nitrogen functional groups attached to an aromatic ring is 1. The number of aryl methyl sites for hydroxylation is 1. The minimum Gasteiger partial charge on any atom is -0.468 e. The van der Waals surface area contributed by atoms with Crippen LogP contribution in [0.15, 0.2) is 67.0 Å². The third kappa shape index (κ3) is 14.7. The first-order chi connectivity index (χ1) is 38.7. The zero-order valence-electron chi connectivity index (χ0n) is 44.9. The number of nitrogens with two attached hydrogens (primary N) is 1. The Labute approximate surface area is 469 Å². The molecule has 1 saturated heterocycles. The van der Waals surface area contributed by atoms with E-state index in [4.69, 9.17) is 10.7 Å². The fourth-order valence-corrected chi connectivity index (χ4v) is 11.4. The minimum absolute atomic E-state index is 0.0524. The fourth-order valence-electron chi connectivity index (χ4n) is 9.57. The normalized spacial score (nSPS) is 12.7. The van der Waals surface area contributed by atoms with E-state index in [1.165, 1.54) is 58.1 Å². The molecule has 80 heavy (non-hydrogen) atoms. The first kappa shape index (κ1) is 58.3. The van der Waals surface area contributed by atoms with Gasteiger partial charge < -0.3 is 36.0 Å². The average molecular weight is 1130 g/mol. The summed E-state index contributed by atoms with van der Waals surface area (Å²) < 4.78 is 42.0. The van der Waals surface area contributed by atoms with E-state index in [-0.39, 0.29) is 67.5 Å². The van der Waals surface area contributed by atoms with Crippen molar-refractivity contribution in [2.75, 3.05) is 56.0 Å². The topological polar surface area (TPSA) is 263 Å². The van der Waals surface area contributed by atoms with Crippen LogP contribution in [0.5, 0.6) is 0 Å². The largest absolute Gasteiger partial charge is 0.468 e. The van der Waals surface area contributed by atoms with Gasteiger partial charge in [-0.3, -0.25) is 33.4 Å². The zero-order chi connectivity index (χ0) is 56.7. The summed E-state index contributed by atoms with van der Waals surface area (Å²) in [6, 6.07) is 15.0. The second-order valence-electron chi connectivity index (χ2n) is 19.4. The van der Waals surface area contributed by atoms with Crippen LogP contribution in [0.4, 0.5) is 20.4 Å². The lowest BCUT2D eigenvalue weighted by atomic mass is 9.97. The maximum Gasteiger partial charge on any atom is 0.325 e. The number of esters is 1. The molecule has 5 heterocycles. The number of amides is 4. The number of benzene rings is 3. The van der Waals surface area contributed by atoms with E-state index in [9.17, 15) is 28.8 Å². The quantitative estimate of drug-likeness (QED) is 0.0194. The molecule has 0 radical (unpaired) electrons. The standard InChI is InChI=1S/C56H65F2N13O7S2/c1-4-27-79-68-41-15-11-14-38(52(41)58)53-54(42-20-24-61-56(59)65-42)80-55(66-53)35-21-25-69(26-22-35)48(75)17-9-7-5-6-8-10-23-60-45(72)18-19-49(76)71-44-29-39(40(57)28-36(44)30-64-71)37-13-12-16-43-51(37)34(2)67-70(43)33-47(74)62-31-46(73)63-32-50(77)78-3/h11-16,20,24,28-30,35,68H,4-10,17-19,21-23,25-27,31-33H2,1-3H3,(H,60,72)(H,62,74)(H,63,73)(H2,59,61,65). The molecule has 0 spiro atoms. The summed E-state index contributed by atoms with van der Waals surface area (Å²) in [6.07, 6.45) is 11.1. The lowest BCUT2D eigenvalue weighted by Gasteiger charge is -2.31. The molecule has 1 aliphatic heterocycles. The summed E-state index contributed by atoms with van der Waals surface area (Å²) >= 11 is 2.94. The first-order valence-corrected chi connectivity index (χ1v) is 28.6. The highest BCUT2D eigenvalue weighted by molar-refractivity contribution is 8.00. The van der Waals surface area contributed by atoms with Gasteiger partial charge in [-0.05, 0) is 81.0 Å². The van der Waals surface area contributed by atoms with Gasteiger partial charge in [0.25, 0.3) is 0 Å². The smallest absolute Gasteiger partial charge is 0.325 e. The molecular weight excluding hydrogens is 1070 g/mol. The number of piperidine rings is 1. The van der Waals surface area contributed by atoms with Gasteiger partial charge in [-0.15, -0.1) is 11.3 Å². The summed E-state index contributed by atoms with van der Waals surface area (Å²) in [5.74, 6) is -2.15. The number of nitrogens with one attached hydrogen (secondary N) is 4. The second kappa shape index (κ2) is 27.8. The van der Waals surface area contributed by atoms with Crippen molar-refractivity contribution in [2.45, 2.75) is 103 Å². The van der Waals surface area contributed by atoms with Crippen LogP contribution in [0, 0.1) is 18.6 Å². The molecule has 24 heteroatoms. The number of ether oxygens (including phenoxy) is 1. The molecule has 0 bridgehead atoms. The summed E-state index contributed by atoms with van der Waals surface area (Å²) in [7, 11) is 1.19. The van der Waals surface area contributed by atoms with Crippen molar-refractivity contribution >= 4 is 92.2 Å². The van der Waals surface area contributed by atoms with E-state index in [0.29, 0.717) is 81.8 Å². The lowest BCUT2D eigenvalue weighted by molar-refractivity contribution is -0.141. The summed E-state index contributed by atoms with van der Waals surface area (Å²) in [4.78, 5) is 91.8. The molecule has 4 amide bonds. The van der Waals surface area contributed by atoms with E-state index < -0.39 is 29.5 Å². The van der Waals surface area contributed by atoms with Crippen LogP contribution in [0.3, 0.4) is 0 Å². The Bertz CT molecular complexity index is 3380. The number of fused-ring (bicyclic) bond motifs is 2. The van der Waals surface area contributed by atoms with Crippen molar-refractivity contribution in [3.8, 4) is 33.0 Å². The number of carbonyl (C=O) groups is 6. The Morgan fingerprint density at radius 3 is 2.34 bits per heavy atom. The minimum atomic E-state index is -0.631. The van der Waals surface area contributed by atoms with Gasteiger partial charge in [0.1, 0.15) is 18.9 Å². The van der Waals surface area contributed by atoms with Crippen LogP contribution < -0.4 is 26.4 Å². The number of rotatable bonds is 26. The molecule has 0 saturated carbocycles. The number of nitrogens with zero attached hydrogens (tertiary/aromatic N) is 8. The fraction of sp³-hybridized carbons (Fsp3) is 0.411. The Kier molecular flexibility index (Phi) is 20.3. The van der Waals surface area contributed by atoms with Crippen molar-refractivity contribution < 1.29 is 42.3 Å². The number of likely N-dealkylation sites (tertiary alicyclic amines) is 1. The maximum absolute atomic E-state index is 16.0. The Morgan fingerprint density at radius 2 is 1.56 bits per heavy atom. The van der Waals surface area contributed by atoms with E-state index in [0.717, 1.165) is 73.4 Å². The van der Waals surface area contributed by atoms with E-state index in [1.54, 1.807) is 49.5 Å². The second-order valence-corrected chi connectivity index (χ2v) is 21.4. The molecule has 8 rings (SSSR count). The van der Waals surface area contributed by atoms with Gasteiger partial charge >= 0.3 is 5.97 Å². The number of hydrogen-bond donors (Lipinski definition) is 5. The van der Waals surface area contributed by atoms with Crippen LogP contribution in [0.25, 0.3) is 54.8 Å². The molecule has 0 atom stereocenters. The Morgan fingerprint density at radius 1 is 0.812 bits per heavy atom. The maximum atomic E-state index is 16.0. The number of unbranched alkanes of at least 4 members (excludes halogenated alkanes) is 5. The van der Waals surface area contributed by atoms with Crippen molar-refractivity contribution in [1.29, 1.82) is 0 Å². The van der Waals surface area contributed by atoms with Gasteiger partial charge in [-0.1, -0.05) is 62.8 Å². The predicted octanol–water partition coefficient (Wildman–Crippen LogP) is 8.35. The SMILES string of the molecule is CCCSNc1cccc(-c2nc(C3CCN(C(=O)CCCCCCCCNC(=O)CCC(=O)n4ncc5cc(F)c(-c6cccc7c6c(C)nn7CC(=O)NCC(=O)NCC(=O)OC)cc54)CC3)sc2-c2ccnc(N)n2)c1F. The third-order valence-electron chi connectivity index (χ3n) is 13.7. The number of thiazole rings is 1. The van der Waals surface area contributed by atoms with Crippen molar-refractivity contribution in [3.63, 3.8) is 0 Å². The number of methoxy groups -OCH3 is 1. The van der Waals surface area contributed by atoms with Crippen molar-refractivity contribution in [1.82, 2.24) is 55.4 Å². The van der Waals surface area contributed by atoms with Crippen molar-refractivity contribution in [2.24, 2.45) is 0 Å². The van der Waals surface area contributed by atoms with Gasteiger partial charge in [0.15, 0.2) is 5.82 Å². The number of anilines is 2. The van der Waals surface area contributed by atoms with Gasteiger partial charge in [-0.2, -0.15) is 10.2 Å². The number of aromatic nitrogens is 7. The first-order valence-electron chi connectivity index (χ1n) is 26.8. The molecule has 7 aromatic rings. The summed E-state index contributed by atoms with van der Waals surface area (Å²) in [5.41, 5.74) is 9.90. The molecule has 422 valence electrons. The van der Waals surface area contributed by atoms with Crippen LogP contribution in [0.1, 0.15) is 105 Å². The highest BCUT2D eigenvalue weighted by Crippen LogP contribution is 2.43.